The second-order valence-electron chi connectivity index (χ2n) is 6.80. The molecule has 30 heavy (non-hydrogen) atoms. The molecule has 2 aromatic carbocycles. The number of methoxy groups -OCH3 is 1. The van der Waals surface area contributed by atoms with E-state index in [0.29, 0.717) is 11.4 Å². The molecule has 152 valence electrons. The van der Waals surface area contributed by atoms with Gasteiger partial charge >= 0.3 is 0 Å². The van der Waals surface area contributed by atoms with Gasteiger partial charge in [-0.05, 0) is 36.8 Å². The SMILES string of the molecule is COc1cc(Nc2cnn(Cc3ccc(F)cc3)c(=O)c2)ccc1-n1cnc(C)c1. The van der Waals surface area contributed by atoms with Gasteiger partial charge in [0.2, 0.25) is 0 Å². The second kappa shape index (κ2) is 8.20. The smallest absolute Gasteiger partial charge is 0.269 e. The van der Waals surface area contributed by atoms with E-state index in [2.05, 4.69) is 15.4 Å². The first-order chi connectivity index (χ1) is 14.5. The summed E-state index contributed by atoms with van der Waals surface area (Å²) in [4.78, 5) is 16.7. The maximum atomic E-state index is 13.0. The van der Waals surface area contributed by atoms with Crippen molar-refractivity contribution in [3.63, 3.8) is 0 Å². The molecule has 0 bridgehead atoms. The number of ether oxygens (including phenoxy) is 1. The van der Waals surface area contributed by atoms with Gasteiger partial charge in [0.05, 0.1) is 43.2 Å². The van der Waals surface area contributed by atoms with Gasteiger partial charge in [-0.3, -0.25) is 4.79 Å². The molecule has 2 aromatic heterocycles. The normalized spacial score (nSPS) is 10.8. The van der Waals surface area contributed by atoms with Crippen LogP contribution in [0.2, 0.25) is 0 Å². The fourth-order valence-corrected chi connectivity index (χ4v) is 3.07. The molecule has 7 nitrogen and oxygen atoms in total. The van der Waals surface area contributed by atoms with Crippen LogP contribution < -0.4 is 15.6 Å². The molecule has 1 N–H and O–H groups in total. The molecule has 4 rings (SSSR count). The van der Waals surface area contributed by atoms with Crippen LogP contribution in [-0.2, 0) is 6.54 Å². The number of nitrogens with zero attached hydrogens (tertiary/aromatic N) is 4. The molecule has 0 atom stereocenters. The van der Waals surface area contributed by atoms with Gasteiger partial charge in [0.25, 0.3) is 5.56 Å². The number of nitrogens with one attached hydrogen (secondary N) is 1. The van der Waals surface area contributed by atoms with Gasteiger partial charge in [-0.2, -0.15) is 5.10 Å². The number of benzene rings is 2. The first kappa shape index (κ1) is 19.4. The highest BCUT2D eigenvalue weighted by Gasteiger charge is 2.08. The van der Waals surface area contributed by atoms with Crippen LogP contribution in [0, 0.1) is 12.7 Å². The first-order valence-electron chi connectivity index (χ1n) is 9.29. The zero-order valence-electron chi connectivity index (χ0n) is 16.5. The van der Waals surface area contributed by atoms with Crippen LogP contribution in [-0.4, -0.2) is 26.4 Å². The van der Waals surface area contributed by atoms with Crippen molar-refractivity contribution in [2.45, 2.75) is 13.5 Å². The monoisotopic (exact) mass is 405 g/mol. The summed E-state index contributed by atoms with van der Waals surface area (Å²) in [6.07, 6.45) is 5.21. The maximum Gasteiger partial charge on any atom is 0.269 e. The molecule has 8 heteroatoms. The van der Waals surface area contributed by atoms with E-state index in [1.54, 1.807) is 31.8 Å². The zero-order chi connectivity index (χ0) is 21.1. The lowest BCUT2D eigenvalue weighted by Crippen LogP contribution is -2.22. The number of hydrogen-bond acceptors (Lipinski definition) is 5. The molecule has 0 aliphatic rings. The zero-order valence-corrected chi connectivity index (χ0v) is 16.5. The van der Waals surface area contributed by atoms with Crippen LogP contribution in [0.25, 0.3) is 5.69 Å². The number of hydrogen-bond donors (Lipinski definition) is 1. The lowest BCUT2D eigenvalue weighted by atomic mass is 10.2. The number of imidazole rings is 1. The van der Waals surface area contributed by atoms with Gasteiger partial charge in [0.1, 0.15) is 11.6 Å². The van der Waals surface area contributed by atoms with E-state index >= 15 is 0 Å². The average Bonchev–Trinajstić information content (AvgIpc) is 3.17. The molecular formula is C22H20FN5O2. The van der Waals surface area contributed by atoms with Gasteiger partial charge in [-0.1, -0.05) is 12.1 Å². The summed E-state index contributed by atoms with van der Waals surface area (Å²) < 4.78 is 21.8. The minimum atomic E-state index is -0.316. The summed E-state index contributed by atoms with van der Waals surface area (Å²) in [7, 11) is 1.60. The molecule has 4 aromatic rings. The Morgan fingerprint density at radius 1 is 1.10 bits per heavy atom. The molecule has 0 fully saturated rings. The van der Waals surface area contributed by atoms with E-state index in [1.165, 1.54) is 22.9 Å². The Morgan fingerprint density at radius 3 is 2.57 bits per heavy atom. The van der Waals surface area contributed by atoms with Crippen molar-refractivity contribution in [2.24, 2.45) is 0 Å². The van der Waals surface area contributed by atoms with Crippen molar-refractivity contribution < 1.29 is 9.13 Å². The van der Waals surface area contributed by atoms with Crippen molar-refractivity contribution in [1.29, 1.82) is 0 Å². The Hall–Kier alpha value is -3.94. The highest BCUT2D eigenvalue weighted by molar-refractivity contribution is 5.64. The van der Waals surface area contributed by atoms with Crippen molar-refractivity contribution in [3.05, 3.63) is 94.7 Å². The van der Waals surface area contributed by atoms with E-state index < -0.39 is 0 Å². The number of aromatic nitrogens is 4. The van der Waals surface area contributed by atoms with Gasteiger partial charge in [-0.15, -0.1) is 0 Å². The molecule has 0 aliphatic carbocycles. The first-order valence-corrected chi connectivity index (χ1v) is 9.29. The highest BCUT2D eigenvalue weighted by Crippen LogP contribution is 2.28. The van der Waals surface area contributed by atoms with Crippen molar-refractivity contribution in [2.75, 3.05) is 12.4 Å². The van der Waals surface area contributed by atoms with Crippen molar-refractivity contribution in [3.8, 4) is 11.4 Å². The molecule has 0 saturated heterocycles. The van der Waals surface area contributed by atoms with Crippen LogP contribution in [0.1, 0.15) is 11.3 Å². The Bertz CT molecular complexity index is 1230. The Morgan fingerprint density at radius 2 is 1.90 bits per heavy atom. The van der Waals surface area contributed by atoms with Crippen LogP contribution in [0.15, 0.2) is 72.0 Å². The summed E-state index contributed by atoms with van der Waals surface area (Å²) >= 11 is 0. The highest BCUT2D eigenvalue weighted by atomic mass is 19.1. The summed E-state index contributed by atoms with van der Waals surface area (Å²) in [6, 6.07) is 13.1. The molecule has 0 spiro atoms. The van der Waals surface area contributed by atoms with E-state index in [-0.39, 0.29) is 17.9 Å². The van der Waals surface area contributed by atoms with Crippen LogP contribution in [0.5, 0.6) is 5.75 Å². The Balaban J connectivity index is 1.53. The Labute approximate surface area is 172 Å². The number of rotatable bonds is 6. The van der Waals surface area contributed by atoms with E-state index in [4.69, 9.17) is 4.74 Å². The number of aryl methyl sites for hydroxylation is 1. The third-order valence-electron chi connectivity index (χ3n) is 4.57. The predicted molar refractivity (Wildman–Crippen MR) is 112 cm³/mol. The van der Waals surface area contributed by atoms with E-state index in [9.17, 15) is 9.18 Å². The number of halogens is 1. The number of anilines is 2. The average molecular weight is 405 g/mol. The molecule has 0 amide bonds. The van der Waals surface area contributed by atoms with E-state index in [1.807, 2.05) is 35.9 Å². The fraction of sp³-hybridized carbons (Fsp3) is 0.136. The van der Waals surface area contributed by atoms with E-state index in [0.717, 1.165) is 22.6 Å². The van der Waals surface area contributed by atoms with Gasteiger partial charge in [0, 0.05) is 24.0 Å². The van der Waals surface area contributed by atoms with Gasteiger partial charge < -0.3 is 14.6 Å². The molecule has 2 heterocycles. The standard InChI is InChI=1S/C22H20FN5O2/c1-15-12-27(14-24-15)20-8-7-18(9-21(20)30-2)26-19-10-22(29)28(25-11-19)13-16-3-5-17(23)6-4-16/h3-12,14,26H,13H2,1-2H3. The second-order valence-corrected chi connectivity index (χ2v) is 6.80. The Kier molecular flexibility index (Phi) is 5.30. The lowest BCUT2D eigenvalue weighted by molar-refractivity contribution is 0.413. The van der Waals surface area contributed by atoms with Gasteiger partial charge in [0.15, 0.2) is 0 Å². The topological polar surface area (TPSA) is 74.0 Å². The van der Waals surface area contributed by atoms with Crippen molar-refractivity contribution >= 4 is 11.4 Å². The van der Waals surface area contributed by atoms with Crippen LogP contribution in [0.3, 0.4) is 0 Å². The minimum Gasteiger partial charge on any atom is -0.494 e. The fourth-order valence-electron chi connectivity index (χ4n) is 3.07. The van der Waals surface area contributed by atoms with Crippen molar-refractivity contribution in [1.82, 2.24) is 19.3 Å². The molecule has 0 unspecified atom stereocenters. The third-order valence-corrected chi connectivity index (χ3v) is 4.57. The maximum absolute atomic E-state index is 13.0. The van der Waals surface area contributed by atoms with Crippen LogP contribution in [0.4, 0.5) is 15.8 Å². The molecule has 0 radical (unpaired) electrons. The molecule has 0 saturated carbocycles. The summed E-state index contributed by atoms with van der Waals surface area (Å²) in [5.41, 5.74) is 3.61. The third kappa shape index (κ3) is 4.22. The van der Waals surface area contributed by atoms with Gasteiger partial charge in [-0.25, -0.2) is 14.1 Å². The molecular weight excluding hydrogens is 385 g/mol. The summed E-state index contributed by atoms with van der Waals surface area (Å²) in [6.45, 7) is 2.19. The molecule has 0 aliphatic heterocycles. The largest absolute Gasteiger partial charge is 0.494 e. The summed E-state index contributed by atoms with van der Waals surface area (Å²) in [5.74, 6) is 0.346. The van der Waals surface area contributed by atoms with Crippen LogP contribution >= 0.6 is 0 Å². The summed E-state index contributed by atoms with van der Waals surface area (Å²) in [5, 5.41) is 7.38. The minimum absolute atomic E-state index is 0.262. The quantitative estimate of drug-likeness (QED) is 0.530. The predicted octanol–water partition coefficient (Wildman–Crippen LogP) is 3.68. The lowest BCUT2D eigenvalue weighted by Gasteiger charge is -2.13.